The number of nitrogens with one attached hydrogen (secondary N) is 1. The van der Waals surface area contributed by atoms with Gasteiger partial charge in [0.15, 0.2) is 0 Å². The first-order valence-electron chi connectivity index (χ1n) is 5.01. The van der Waals surface area contributed by atoms with E-state index in [1.807, 2.05) is 6.92 Å². The second-order valence-corrected chi connectivity index (χ2v) is 4.69. The normalized spacial score (nSPS) is 13.8. The summed E-state index contributed by atoms with van der Waals surface area (Å²) < 4.78 is 0. The van der Waals surface area contributed by atoms with Crippen LogP contribution in [0.25, 0.3) is 0 Å². The highest BCUT2D eigenvalue weighted by Crippen LogP contribution is 2.20. The van der Waals surface area contributed by atoms with Gasteiger partial charge in [-0.2, -0.15) is 0 Å². The zero-order chi connectivity index (χ0) is 11.2. The van der Waals surface area contributed by atoms with Crippen LogP contribution in [0.4, 0.5) is 0 Å². The highest BCUT2D eigenvalue weighted by atomic mass is 16.6. The third-order valence-corrected chi connectivity index (χ3v) is 1.65. The zero-order valence-corrected chi connectivity index (χ0v) is 9.59. The summed E-state index contributed by atoms with van der Waals surface area (Å²) in [6.45, 7) is 8.60. The predicted octanol–water partition coefficient (Wildman–Crippen LogP) is 1.21. The first-order chi connectivity index (χ1) is 6.35. The Labute approximate surface area is 86.1 Å². The van der Waals surface area contributed by atoms with Gasteiger partial charge in [0.2, 0.25) is 5.91 Å². The molecule has 84 valence electrons. The smallest absolute Gasteiger partial charge is 0.245 e. The molecule has 0 aliphatic rings. The highest BCUT2D eigenvalue weighted by molar-refractivity contribution is 5.75. The molecule has 1 amide bonds. The minimum absolute atomic E-state index is 0.101. The van der Waals surface area contributed by atoms with E-state index in [0.717, 1.165) is 6.42 Å². The molecule has 4 heteroatoms. The largest absolute Gasteiger partial charge is 0.327 e. The van der Waals surface area contributed by atoms with Crippen molar-refractivity contribution in [2.24, 2.45) is 11.1 Å². The molecule has 4 nitrogen and oxygen atoms in total. The first-order valence-corrected chi connectivity index (χ1v) is 5.01. The van der Waals surface area contributed by atoms with E-state index >= 15 is 0 Å². The minimum Gasteiger partial charge on any atom is -0.327 e. The maximum absolute atomic E-state index is 11.2. The molecule has 0 spiro atoms. The van der Waals surface area contributed by atoms with E-state index in [4.69, 9.17) is 10.6 Å². The van der Waals surface area contributed by atoms with Crippen LogP contribution in [-0.2, 0) is 9.63 Å². The lowest BCUT2D eigenvalue weighted by Crippen LogP contribution is -2.34. The number of rotatable bonds is 5. The second kappa shape index (κ2) is 5.98. The van der Waals surface area contributed by atoms with Crippen molar-refractivity contribution in [3.05, 3.63) is 0 Å². The molecule has 0 bridgehead atoms. The third-order valence-electron chi connectivity index (χ3n) is 1.65. The Balaban J connectivity index is 3.71. The van der Waals surface area contributed by atoms with Gasteiger partial charge in [0.25, 0.3) is 0 Å². The van der Waals surface area contributed by atoms with Crippen LogP contribution in [0.2, 0.25) is 0 Å². The first kappa shape index (κ1) is 13.4. The number of carbonyl (C=O) groups is 1. The Kier molecular flexibility index (Phi) is 5.72. The number of amides is 1. The van der Waals surface area contributed by atoms with Crippen LogP contribution in [0, 0.1) is 5.41 Å². The summed E-state index contributed by atoms with van der Waals surface area (Å²) in [6, 6.07) is -0.101. The number of hydrogen-bond donors (Lipinski definition) is 2. The van der Waals surface area contributed by atoms with Crippen LogP contribution in [-0.4, -0.2) is 18.6 Å². The lowest BCUT2D eigenvalue weighted by molar-refractivity contribution is -0.133. The van der Waals surface area contributed by atoms with Gasteiger partial charge in [-0.3, -0.25) is 9.63 Å². The van der Waals surface area contributed by atoms with E-state index in [0.29, 0.717) is 13.0 Å². The lowest BCUT2D eigenvalue weighted by atomic mass is 9.87. The Bertz CT molecular complexity index is 175. The molecule has 1 atom stereocenters. The van der Waals surface area contributed by atoms with Crippen molar-refractivity contribution in [2.75, 3.05) is 6.61 Å². The van der Waals surface area contributed by atoms with Crippen LogP contribution in [0.5, 0.6) is 0 Å². The van der Waals surface area contributed by atoms with Crippen molar-refractivity contribution < 1.29 is 9.63 Å². The summed E-state index contributed by atoms with van der Waals surface area (Å²) in [6.07, 6.45) is 1.14. The summed E-state index contributed by atoms with van der Waals surface area (Å²) >= 11 is 0. The van der Waals surface area contributed by atoms with Crippen molar-refractivity contribution in [1.29, 1.82) is 0 Å². The molecule has 1 unspecified atom stereocenters. The number of nitrogens with two attached hydrogens (primary N) is 1. The topological polar surface area (TPSA) is 64.3 Å². The highest BCUT2D eigenvalue weighted by Gasteiger charge is 2.17. The molecule has 0 aromatic rings. The molecule has 3 N–H and O–H groups in total. The van der Waals surface area contributed by atoms with Crippen LogP contribution in [0.1, 0.15) is 40.5 Å². The molecule has 0 rings (SSSR count). The average molecular weight is 202 g/mol. The second-order valence-electron chi connectivity index (χ2n) is 4.69. The van der Waals surface area contributed by atoms with Gasteiger partial charge in [-0.15, -0.1) is 0 Å². The van der Waals surface area contributed by atoms with Crippen LogP contribution >= 0.6 is 0 Å². The van der Waals surface area contributed by atoms with Gasteiger partial charge in [0.05, 0.1) is 6.61 Å². The van der Waals surface area contributed by atoms with Crippen molar-refractivity contribution in [3.63, 3.8) is 0 Å². The molecule has 0 heterocycles. The lowest BCUT2D eigenvalue weighted by Gasteiger charge is -2.22. The fourth-order valence-corrected chi connectivity index (χ4v) is 1.29. The van der Waals surface area contributed by atoms with Gasteiger partial charge >= 0.3 is 0 Å². The Hall–Kier alpha value is -0.610. The molecule has 0 saturated heterocycles. The molecule has 0 saturated carbocycles. The molecule has 0 aliphatic carbocycles. The SMILES string of the molecule is CCONC(=O)CC(N)CC(C)(C)C. The van der Waals surface area contributed by atoms with E-state index in [9.17, 15) is 4.79 Å². The molecule has 0 aromatic carbocycles. The van der Waals surface area contributed by atoms with Gasteiger partial charge in [-0.25, -0.2) is 5.48 Å². The van der Waals surface area contributed by atoms with Crippen molar-refractivity contribution in [3.8, 4) is 0 Å². The predicted molar refractivity (Wildman–Crippen MR) is 56.4 cm³/mol. The van der Waals surface area contributed by atoms with Crippen molar-refractivity contribution in [1.82, 2.24) is 5.48 Å². The summed E-state index contributed by atoms with van der Waals surface area (Å²) in [5, 5.41) is 0. The summed E-state index contributed by atoms with van der Waals surface area (Å²) in [4.78, 5) is 16.0. The van der Waals surface area contributed by atoms with Crippen molar-refractivity contribution in [2.45, 2.75) is 46.6 Å². The average Bonchev–Trinajstić information content (AvgIpc) is 1.96. The van der Waals surface area contributed by atoms with E-state index in [1.54, 1.807) is 0 Å². The molecule has 14 heavy (non-hydrogen) atoms. The summed E-state index contributed by atoms with van der Waals surface area (Å²) in [5.41, 5.74) is 8.30. The van der Waals surface area contributed by atoms with Crippen molar-refractivity contribution >= 4 is 5.91 Å². The molecular weight excluding hydrogens is 180 g/mol. The van der Waals surface area contributed by atoms with Crippen LogP contribution < -0.4 is 11.2 Å². The fraction of sp³-hybridized carbons (Fsp3) is 0.900. The Morgan fingerprint density at radius 2 is 2.07 bits per heavy atom. The number of carbonyl (C=O) groups excluding carboxylic acids is 1. The van der Waals surface area contributed by atoms with Crippen LogP contribution in [0.15, 0.2) is 0 Å². The standard InChI is InChI=1S/C10H22N2O2/c1-5-14-12-9(13)6-8(11)7-10(2,3)4/h8H,5-7,11H2,1-4H3,(H,12,13). The van der Waals surface area contributed by atoms with E-state index in [1.165, 1.54) is 0 Å². The molecule has 0 fully saturated rings. The molecule has 0 aliphatic heterocycles. The number of hydrogen-bond acceptors (Lipinski definition) is 3. The molecule has 0 radical (unpaired) electrons. The molecule has 0 aromatic heterocycles. The van der Waals surface area contributed by atoms with Crippen LogP contribution in [0.3, 0.4) is 0 Å². The fourth-order valence-electron chi connectivity index (χ4n) is 1.29. The van der Waals surface area contributed by atoms with Gasteiger partial charge in [0, 0.05) is 12.5 Å². The monoisotopic (exact) mass is 202 g/mol. The van der Waals surface area contributed by atoms with E-state index in [2.05, 4.69) is 26.3 Å². The van der Waals surface area contributed by atoms with Gasteiger partial charge < -0.3 is 5.73 Å². The van der Waals surface area contributed by atoms with E-state index in [-0.39, 0.29) is 17.4 Å². The molecular formula is C10H22N2O2. The Morgan fingerprint density at radius 3 is 2.50 bits per heavy atom. The minimum atomic E-state index is -0.149. The van der Waals surface area contributed by atoms with E-state index < -0.39 is 0 Å². The maximum atomic E-state index is 11.2. The third kappa shape index (κ3) is 8.01. The quantitative estimate of drug-likeness (QED) is 0.659. The summed E-state index contributed by atoms with van der Waals surface area (Å²) in [7, 11) is 0. The van der Waals surface area contributed by atoms with Gasteiger partial charge in [-0.1, -0.05) is 20.8 Å². The number of hydroxylamine groups is 1. The maximum Gasteiger partial charge on any atom is 0.245 e. The Morgan fingerprint density at radius 1 is 1.50 bits per heavy atom. The zero-order valence-electron chi connectivity index (χ0n) is 9.59. The summed E-state index contributed by atoms with van der Waals surface area (Å²) in [5.74, 6) is -0.149. The van der Waals surface area contributed by atoms with Gasteiger partial charge in [0.1, 0.15) is 0 Å². The van der Waals surface area contributed by atoms with Gasteiger partial charge in [-0.05, 0) is 18.8 Å².